The molecular weight excluding hydrogens is 519 g/mol. The second-order valence-corrected chi connectivity index (χ2v) is 9.58. The summed E-state index contributed by atoms with van der Waals surface area (Å²) < 4.78 is 53.0. The molecule has 0 bridgehead atoms. The largest absolute Gasteiger partial charge is 0.419 e. The van der Waals surface area contributed by atoms with Gasteiger partial charge in [-0.2, -0.15) is 13.2 Å². The molecule has 0 unspecified atom stereocenters. The Morgan fingerprint density at radius 2 is 1.86 bits per heavy atom. The van der Waals surface area contributed by atoms with Gasteiger partial charge in [0.15, 0.2) is 0 Å². The smallest absolute Gasteiger partial charge is 0.397 e. The Labute approximate surface area is 215 Å². The summed E-state index contributed by atoms with van der Waals surface area (Å²) in [6.07, 6.45) is -3.36. The number of benzene rings is 2. The number of rotatable bonds is 5. The lowest BCUT2D eigenvalue weighted by atomic mass is 9.93. The fraction of sp³-hybridized carbons (Fsp3) is 0.280. The average molecular weight is 541 g/mol. The highest BCUT2D eigenvalue weighted by Crippen LogP contribution is 2.36. The zero-order chi connectivity index (χ0) is 26.2. The van der Waals surface area contributed by atoms with E-state index in [2.05, 4.69) is 4.98 Å². The lowest BCUT2D eigenvalue weighted by Crippen LogP contribution is -2.38. The predicted octanol–water partition coefficient (Wildman–Crippen LogP) is 5.87. The number of carbonyl (C=O) groups excluding carboxylic acids is 1. The van der Waals surface area contributed by atoms with Crippen LogP contribution in [0.5, 0.6) is 0 Å². The van der Waals surface area contributed by atoms with Crippen molar-refractivity contribution in [2.45, 2.75) is 24.7 Å². The Kier molecular flexibility index (Phi) is 7.45. The lowest BCUT2D eigenvalue weighted by Gasteiger charge is -2.29. The van der Waals surface area contributed by atoms with E-state index in [0.717, 1.165) is 17.7 Å². The highest BCUT2D eigenvalue weighted by molar-refractivity contribution is 6.42. The molecule has 1 aliphatic heterocycles. The molecule has 2 aromatic carbocycles. The highest BCUT2D eigenvalue weighted by atomic mass is 35.5. The number of alkyl halides is 3. The Morgan fingerprint density at radius 3 is 2.47 bits per heavy atom. The van der Waals surface area contributed by atoms with Crippen LogP contribution in [-0.4, -0.2) is 46.9 Å². The fourth-order valence-corrected chi connectivity index (χ4v) is 4.76. The molecule has 1 aromatic heterocycles. The minimum Gasteiger partial charge on any atom is -0.397 e. The molecule has 1 fully saturated rings. The molecule has 1 amide bonds. The van der Waals surface area contributed by atoms with Gasteiger partial charge >= 0.3 is 6.18 Å². The van der Waals surface area contributed by atoms with Crippen LogP contribution in [0.15, 0.2) is 54.7 Å². The number of aromatic nitrogens is 1. The van der Waals surface area contributed by atoms with E-state index in [0.29, 0.717) is 34.4 Å². The van der Waals surface area contributed by atoms with Crippen LogP contribution in [0.25, 0.3) is 0 Å². The summed E-state index contributed by atoms with van der Waals surface area (Å²) in [5.74, 6) is -1.80. The van der Waals surface area contributed by atoms with Gasteiger partial charge in [-0.15, -0.1) is 0 Å². The summed E-state index contributed by atoms with van der Waals surface area (Å²) >= 11 is 12.3. The van der Waals surface area contributed by atoms with Gasteiger partial charge < -0.3 is 10.6 Å². The topological polar surface area (TPSA) is 62.5 Å². The molecule has 0 spiro atoms. The number of hydrogen-bond acceptors (Lipinski definition) is 4. The average Bonchev–Trinajstić information content (AvgIpc) is 3.26. The van der Waals surface area contributed by atoms with Gasteiger partial charge in [0, 0.05) is 31.6 Å². The van der Waals surface area contributed by atoms with E-state index >= 15 is 0 Å². The van der Waals surface area contributed by atoms with Crippen molar-refractivity contribution in [1.82, 2.24) is 14.8 Å². The molecule has 0 saturated carbocycles. The van der Waals surface area contributed by atoms with Crippen LogP contribution in [0.3, 0.4) is 0 Å². The van der Waals surface area contributed by atoms with Gasteiger partial charge in [-0.25, -0.2) is 9.37 Å². The van der Waals surface area contributed by atoms with E-state index in [4.69, 9.17) is 28.9 Å². The molecular formula is C25H22Cl2F4N4O. The van der Waals surface area contributed by atoms with Crippen molar-refractivity contribution >= 4 is 34.8 Å². The molecule has 2 heterocycles. The number of halogens is 6. The third-order valence-electron chi connectivity index (χ3n) is 6.29. The summed E-state index contributed by atoms with van der Waals surface area (Å²) in [6.45, 7) is 0.828. The third-order valence-corrected chi connectivity index (χ3v) is 7.03. The number of pyridine rings is 1. The minimum atomic E-state index is -4.77. The van der Waals surface area contributed by atoms with E-state index in [9.17, 15) is 22.4 Å². The first-order valence-corrected chi connectivity index (χ1v) is 11.7. The molecule has 0 radical (unpaired) electrons. The molecule has 4 rings (SSSR count). The maximum atomic E-state index is 14.1. The summed E-state index contributed by atoms with van der Waals surface area (Å²) in [6, 6.07) is 11.0. The van der Waals surface area contributed by atoms with Crippen molar-refractivity contribution in [2.75, 3.05) is 25.9 Å². The summed E-state index contributed by atoms with van der Waals surface area (Å²) in [7, 11) is 1.78. The first-order chi connectivity index (χ1) is 16.9. The highest BCUT2D eigenvalue weighted by Gasteiger charge is 2.39. The zero-order valence-corrected chi connectivity index (χ0v) is 20.6. The third kappa shape index (κ3) is 5.58. The second kappa shape index (κ2) is 10.2. The van der Waals surface area contributed by atoms with Crippen LogP contribution < -0.4 is 5.73 Å². The number of carbonyl (C=O) groups is 1. The number of likely N-dealkylation sites (N-methyl/N-ethyl adjacent to an activating group) is 1. The van der Waals surface area contributed by atoms with Crippen LogP contribution in [0.1, 0.15) is 33.1 Å². The summed E-state index contributed by atoms with van der Waals surface area (Å²) in [5, 5.41) is 0.757. The molecule has 1 aliphatic rings. The quantitative estimate of drug-likeness (QED) is 0.411. The van der Waals surface area contributed by atoms with Crippen molar-refractivity contribution in [3.8, 4) is 0 Å². The van der Waals surface area contributed by atoms with E-state index in [-0.39, 0.29) is 30.1 Å². The number of hydrogen-bond donors (Lipinski definition) is 1. The predicted molar refractivity (Wildman–Crippen MR) is 130 cm³/mol. The summed E-state index contributed by atoms with van der Waals surface area (Å²) in [5.41, 5.74) is 6.27. The summed E-state index contributed by atoms with van der Waals surface area (Å²) in [4.78, 5) is 20.8. The maximum absolute atomic E-state index is 14.1. The Balaban J connectivity index is 1.61. The van der Waals surface area contributed by atoms with Gasteiger partial charge in [0.05, 0.1) is 27.5 Å². The number of anilines is 1. The van der Waals surface area contributed by atoms with Crippen LogP contribution in [0.4, 0.5) is 23.2 Å². The first-order valence-electron chi connectivity index (χ1n) is 11.0. The van der Waals surface area contributed by atoms with E-state index in [1.807, 2.05) is 11.0 Å². The first kappa shape index (κ1) is 26.2. The molecule has 0 aliphatic carbocycles. The van der Waals surface area contributed by atoms with Crippen molar-refractivity contribution in [3.05, 3.63) is 93.0 Å². The van der Waals surface area contributed by atoms with Crippen molar-refractivity contribution < 1.29 is 22.4 Å². The molecule has 190 valence electrons. The van der Waals surface area contributed by atoms with Crippen LogP contribution in [0, 0.1) is 5.82 Å². The number of nitrogen functional groups attached to an aromatic ring is 1. The van der Waals surface area contributed by atoms with Gasteiger partial charge in [0.25, 0.3) is 5.91 Å². The monoisotopic (exact) mass is 540 g/mol. The molecule has 5 nitrogen and oxygen atoms in total. The lowest BCUT2D eigenvalue weighted by molar-refractivity contribution is -0.140. The number of nitrogens with two attached hydrogens (primary N) is 1. The van der Waals surface area contributed by atoms with Gasteiger partial charge in [0.1, 0.15) is 11.5 Å². The number of nitrogens with zero attached hydrogens (tertiary/aromatic N) is 3. The minimum absolute atomic E-state index is 0.166. The van der Waals surface area contributed by atoms with Crippen molar-refractivity contribution in [2.24, 2.45) is 0 Å². The SMILES string of the molecule is CN(Cc1ccc(C(F)(F)F)c(F)c1)[C@@H]1CN(C(=O)c2ccc(N)cn2)C[C@@H]1c1ccc(Cl)c(Cl)c1. The Bertz CT molecular complexity index is 1270. The molecule has 3 aromatic rings. The maximum Gasteiger partial charge on any atom is 0.419 e. The normalized spacial score (nSPS) is 18.2. The van der Waals surface area contributed by atoms with Gasteiger partial charge in [-0.05, 0) is 54.6 Å². The Morgan fingerprint density at radius 1 is 1.11 bits per heavy atom. The Hall–Kier alpha value is -2.88. The standard InChI is InChI=1S/C25H22Cl2F4N4O/c1-34(11-14-2-5-18(21(28)8-14)25(29,30)31)23-13-35(24(36)22-7-4-16(32)10-33-22)12-17(23)15-3-6-19(26)20(27)9-15/h2-10,17,23H,11-13,32H2,1H3/t17-,23-/m1/s1. The second-order valence-electron chi connectivity index (χ2n) is 8.76. The van der Waals surface area contributed by atoms with E-state index < -0.39 is 17.6 Å². The molecule has 36 heavy (non-hydrogen) atoms. The van der Waals surface area contributed by atoms with E-state index in [1.165, 1.54) is 12.3 Å². The van der Waals surface area contributed by atoms with Gasteiger partial charge in [-0.1, -0.05) is 35.3 Å². The van der Waals surface area contributed by atoms with E-state index in [1.54, 1.807) is 36.2 Å². The zero-order valence-electron chi connectivity index (χ0n) is 19.1. The van der Waals surface area contributed by atoms with Gasteiger partial charge in [-0.3, -0.25) is 9.69 Å². The number of likely N-dealkylation sites (tertiary alicyclic amines) is 1. The fourth-order valence-electron chi connectivity index (χ4n) is 4.46. The van der Waals surface area contributed by atoms with Crippen LogP contribution in [-0.2, 0) is 12.7 Å². The van der Waals surface area contributed by atoms with Crippen molar-refractivity contribution in [3.63, 3.8) is 0 Å². The molecule has 2 atom stereocenters. The van der Waals surface area contributed by atoms with Crippen LogP contribution in [0.2, 0.25) is 10.0 Å². The number of amides is 1. The molecule has 2 N–H and O–H groups in total. The molecule has 1 saturated heterocycles. The van der Waals surface area contributed by atoms with Gasteiger partial charge in [0.2, 0.25) is 0 Å². The van der Waals surface area contributed by atoms with Crippen LogP contribution >= 0.6 is 23.2 Å². The van der Waals surface area contributed by atoms with Crippen molar-refractivity contribution in [1.29, 1.82) is 0 Å². The molecule has 11 heteroatoms.